The van der Waals surface area contributed by atoms with Crippen LogP contribution in [0.2, 0.25) is 0 Å². The van der Waals surface area contributed by atoms with Gasteiger partial charge in [0, 0.05) is 18.3 Å². The smallest absolute Gasteiger partial charge is 0.300 e. The summed E-state index contributed by atoms with van der Waals surface area (Å²) in [5.41, 5.74) is 11.4. The SMILES string of the molecule is CC#CC(=O)Nc1ccc(-c2c(-c3cccc(OC)c3)c3c(N)ncnc3n2C)cc1. The second-order valence-corrected chi connectivity index (χ2v) is 6.88. The summed E-state index contributed by atoms with van der Waals surface area (Å²) in [6.07, 6.45) is 1.46. The molecule has 0 aliphatic heterocycles. The lowest BCUT2D eigenvalue weighted by Gasteiger charge is -2.11. The zero-order chi connectivity index (χ0) is 22.0. The average Bonchev–Trinajstić information content (AvgIpc) is 3.08. The van der Waals surface area contributed by atoms with E-state index in [4.69, 9.17) is 10.5 Å². The fourth-order valence-corrected chi connectivity index (χ4v) is 3.66. The van der Waals surface area contributed by atoms with Crippen molar-refractivity contribution in [3.63, 3.8) is 0 Å². The number of fused-ring (bicyclic) bond motifs is 1. The number of carbonyl (C=O) groups excluding carboxylic acids is 1. The highest BCUT2D eigenvalue weighted by Gasteiger charge is 2.22. The first kappa shape index (κ1) is 20.0. The van der Waals surface area contributed by atoms with E-state index in [-0.39, 0.29) is 5.91 Å². The molecule has 0 aliphatic rings. The number of amides is 1. The van der Waals surface area contributed by atoms with E-state index in [1.807, 2.05) is 60.1 Å². The lowest BCUT2D eigenvalue weighted by Crippen LogP contribution is -2.08. The molecule has 7 nitrogen and oxygen atoms in total. The number of aromatic nitrogens is 3. The molecule has 2 aromatic carbocycles. The van der Waals surface area contributed by atoms with Crippen LogP contribution in [-0.4, -0.2) is 27.6 Å². The Morgan fingerprint density at radius 2 is 1.90 bits per heavy atom. The van der Waals surface area contributed by atoms with Crippen molar-refractivity contribution in [2.45, 2.75) is 6.92 Å². The van der Waals surface area contributed by atoms with Crippen LogP contribution in [0.15, 0.2) is 54.9 Å². The Kier molecular flexibility index (Phi) is 5.29. The highest BCUT2D eigenvalue weighted by Crippen LogP contribution is 2.42. The number of anilines is 2. The van der Waals surface area contributed by atoms with Crippen molar-refractivity contribution < 1.29 is 9.53 Å². The summed E-state index contributed by atoms with van der Waals surface area (Å²) in [6.45, 7) is 1.62. The van der Waals surface area contributed by atoms with Gasteiger partial charge in [0.15, 0.2) is 0 Å². The minimum Gasteiger partial charge on any atom is -0.497 e. The van der Waals surface area contributed by atoms with Crippen LogP contribution in [0.25, 0.3) is 33.4 Å². The second kappa shape index (κ2) is 8.20. The summed E-state index contributed by atoms with van der Waals surface area (Å²) in [4.78, 5) is 20.4. The molecule has 0 unspecified atom stereocenters. The van der Waals surface area contributed by atoms with Crippen LogP contribution in [0.4, 0.5) is 11.5 Å². The summed E-state index contributed by atoms with van der Waals surface area (Å²) < 4.78 is 7.42. The number of nitrogens with zero attached hydrogens (tertiary/aromatic N) is 3. The molecular formula is C24H21N5O2. The summed E-state index contributed by atoms with van der Waals surface area (Å²) >= 11 is 0. The Balaban J connectivity index is 1.91. The molecule has 2 aromatic heterocycles. The number of ether oxygens (including phenoxy) is 1. The van der Waals surface area contributed by atoms with E-state index in [9.17, 15) is 4.79 Å². The standard InChI is InChI=1S/C24H21N5O2/c1-4-6-19(30)28-17-11-9-15(10-12-17)22-20(16-7-5-8-18(13-16)31-3)21-23(25)26-14-27-24(21)29(22)2/h5,7-14H,1-3H3,(H,28,30)(H2,25,26,27). The van der Waals surface area contributed by atoms with Gasteiger partial charge in [0.1, 0.15) is 23.5 Å². The topological polar surface area (TPSA) is 95.1 Å². The maximum Gasteiger partial charge on any atom is 0.300 e. The molecule has 7 heteroatoms. The van der Waals surface area contributed by atoms with Gasteiger partial charge in [-0.05, 0) is 48.2 Å². The van der Waals surface area contributed by atoms with Crippen LogP contribution in [0.1, 0.15) is 6.92 Å². The van der Waals surface area contributed by atoms with Gasteiger partial charge >= 0.3 is 0 Å². The van der Waals surface area contributed by atoms with Crippen LogP contribution < -0.4 is 15.8 Å². The molecule has 1 amide bonds. The molecule has 0 bridgehead atoms. The largest absolute Gasteiger partial charge is 0.497 e. The zero-order valence-corrected chi connectivity index (χ0v) is 17.4. The Morgan fingerprint density at radius 3 is 2.61 bits per heavy atom. The molecule has 0 fully saturated rings. The van der Waals surface area contributed by atoms with Crippen molar-refractivity contribution in [1.29, 1.82) is 0 Å². The van der Waals surface area contributed by atoms with Crippen LogP contribution in [-0.2, 0) is 11.8 Å². The zero-order valence-electron chi connectivity index (χ0n) is 17.4. The van der Waals surface area contributed by atoms with Crippen molar-refractivity contribution >= 4 is 28.4 Å². The molecule has 2 heterocycles. The number of methoxy groups -OCH3 is 1. The summed E-state index contributed by atoms with van der Waals surface area (Å²) in [5, 5.41) is 3.54. The molecule has 0 aliphatic carbocycles. The monoisotopic (exact) mass is 411 g/mol. The fourth-order valence-electron chi connectivity index (χ4n) is 3.66. The minimum atomic E-state index is -0.347. The predicted octanol–water partition coefficient (Wildman–Crippen LogP) is 3.85. The predicted molar refractivity (Wildman–Crippen MR) is 122 cm³/mol. The normalized spacial score (nSPS) is 10.4. The maximum atomic E-state index is 11.7. The number of carbonyl (C=O) groups is 1. The third-order valence-corrected chi connectivity index (χ3v) is 5.01. The Morgan fingerprint density at radius 1 is 1.13 bits per heavy atom. The number of aryl methyl sites for hydroxylation is 1. The molecule has 0 saturated heterocycles. The van der Waals surface area contributed by atoms with Crippen LogP contribution in [0, 0.1) is 11.8 Å². The Bertz CT molecular complexity index is 1340. The van der Waals surface area contributed by atoms with Gasteiger partial charge in [-0.1, -0.05) is 30.2 Å². The third-order valence-electron chi connectivity index (χ3n) is 5.01. The van der Waals surface area contributed by atoms with E-state index >= 15 is 0 Å². The number of hydrogen-bond donors (Lipinski definition) is 2. The molecular weight excluding hydrogens is 390 g/mol. The first-order valence-corrected chi connectivity index (χ1v) is 9.61. The molecule has 154 valence electrons. The summed E-state index contributed by atoms with van der Waals surface area (Å²) in [7, 11) is 3.58. The highest BCUT2D eigenvalue weighted by atomic mass is 16.5. The van der Waals surface area contributed by atoms with Crippen molar-refractivity contribution in [3.05, 3.63) is 54.9 Å². The Labute approximate surface area is 179 Å². The van der Waals surface area contributed by atoms with Gasteiger partial charge in [-0.3, -0.25) is 4.79 Å². The van der Waals surface area contributed by atoms with E-state index in [1.54, 1.807) is 14.0 Å². The van der Waals surface area contributed by atoms with Gasteiger partial charge in [-0.2, -0.15) is 0 Å². The quantitative estimate of drug-likeness (QED) is 0.497. The molecule has 31 heavy (non-hydrogen) atoms. The van der Waals surface area contributed by atoms with E-state index in [2.05, 4.69) is 27.1 Å². The van der Waals surface area contributed by atoms with Gasteiger partial charge < -0.3 is 20.4 Å². The number of rotatable bonds is 4. The Hall–Kier alpha value is -4.31. The number of nitrogens with one attached hydrogen (secondary N) is 1. The average molecular weight is 411 g/mol. The first-order valence-electron chi connectivity index (χ1n) is 9.61. The van der Waals surface area contributed by atoms with E-state index in [1.165, 1.54) is 6.33 Å². The molecule has 0 radical (unpaired) electrons. The van der Waals surface area contributed by atoms with E-state index in [0.29, 0.717) is 11.5 Å². The summed E-state index contributed by atoms with van der Waals surface area (Å²) in [6, 6.07) is 15.4. The van der Waals surface area contributed by atoms with E-state index in [0.717, 1.165) is 39.2 Å². The fraction of sp³-hybridized carbons (Fsp3) is 0.125. The van der Waals surface area contributed by atoms with Gasteiger partial charge in [0.05, 0.1) is 18.2 Å². The number of hydrogen-bond acceptors (Lipinski definition) is 5. The van der Waals surface area contributed by atoms with Crippen LogP contribution in [0.3, 0.4) is 0 Å². The third kappa shape index (κ3) is 3.67. The minimum absolute atomic E-state index is 0.347. The van der Waals surface area contributed by atoms with E-state index < -0.39 is 0 Å². The van der Waals surface area contributed by atoms with Crippen molar-refractivity contribution in [3.8, 4) is 40.0 Å². The summed E-state index contributed by atoms with van der Waals surface area (Å²) in [5.74, 6) is 5.86. The van der Waals surface area contributed by atoms with Gasteiger partial charge in [-0.15, -0.1) is 0 Å². The van der Waals surface area contributed by atoms with Gasteiger partial charge in [-0.25, -0.2) is 9.97 Å². The van der Waals surface area contributed by atoms with Crippen molar-refractivity contribution in [1.82, 2.24) is 14.5 Å². The van der Waals surface area contributed by atoms with Crippen LogP contribution >= 0.6 is 0 Å². The lowest BCUT2D eigenvalue weighted by atomic mass is 9.98. The molecule has 0 atom stereocenters. The molecule has 4 rings (SSSR count). The highest BCUT2D eigenvalue weighted by molar-refractivity contribution is 6.08. The van der Waals surface area contributed by atoms with Crippen molar-refractivity contribution in [2.24, 2.45) is 7.05 Å². The molecule has 4 aromatic rings. The number of nitrogen functional groups attached to an aromatic ring is 1. The number of nitrogens with two attached hydrogens (primary N) is 1. The second-order valence-electron chi connectivity index (χ2n) is 6.88. The van der Waals surface area contributed by atoms with Gasteiger partial charge in [0.2, 0.25) is 0 Å². The molecule has 3 N–H and O–H groups in total. The van der Waals surface area contributed by atoms with Gasteiger partial charge in [0.25, 0.3) is 5.91 Å². The van der Waals surface area contributed by atoms with Crippen LogP contribution in [0.5, 0.6) is 5.75 Å². The lowest BCUT2D eigenvalue weighted by molar-refractivity contribution is -0.111. The number of benzene rings is 2. The molecule has 0 saturated carbocycles. The molecule has 0 spiro atoms. The maximum absolute atomic E-state index is 11.7. The first-order chi connectivity index (χ1) is 15.0. The van der Waals surface area contributed by atoms with Crippen molar-refractivity contribution in [2.75, 3.05) is 18.2 Å².